The van der Waals surface area contributed by atoms with Gasteiger partial charge in [-0.05, 0) is 88.8 Å². The molecular weight excluding hydrogens is 460 g/mol. The Labute approximate surface area is 221 Å². The van der Waals surface area contributed by atoms with E-state index in [-0.39, 0.29) is 17.0 Å². The van der Waals surface area contributed by atoms with Gasteiger partial charge < -0.3 is 14.8 Å². The molecule has 0 aromatic heterocycles. The number of nitrogens with one attached hydrogen (secondary N) is 1. The van der Waals surface area contributed by atoms with Crippen molar-refractivity contribution in [3.05, 3.63) is 89.5 Å². The topological polar surface area (TPSA) is 50.8 Å². The van der Waals surface area contributed by atoms with Crippen LogP contribution in [-0.4, -0.2) is 42.1 Å². The Kier molecular flexibility index (Phi) is 8.23. The highest BCUT2D eigenvalue weighted by Gasteiger charge is 2.40. The van der Waals surface area contributed by atoms with Gasteiger partial charge >= 0.3 is 0 Å². The quantitative estimate of drug-likeness (QED) is 0.345. The first-order valence-electron chi connectivity index (χ1n) is 13.2. The van der Waals surface area contributed by atoms with Crippen LogP contribution in [-0.2, 0) is 6.42 Å². The summed E-state index contributed by atoms with van der Waals surface area (Å²) in [5.74, 6) is 1.13. The van der Waals surface area contributed by atoms with Crippen molar-refractivity contribution in [2.45, 2.75) is 64.5 Å². The van der Waals surface area contributed by atoms with Gasteiger partial charge in [0.1, 0.15) is 6.61 Å². The first-order valence-corrected chi connectivity index (χ1v) is 13.2. The number of hydrogen-bond acceptors (Lipinski definition) is 4. The van der Waals surface area contributed by atoms with E-state index in [9.17, 15) is 4.79 Å². The fraction of sp³-hybridized carbons (Fsp3) is 0.406. The maximum atomic E-state index is 12.9. The number of likely N-dealkylation sites (tertiary alicyclic amines) is 1. The largest absolute Gasteiger partial charge is 0.493 e. The van der Waals surface area contributed by atoms with E-state index in [4.69, 9.17) is 9.47 Å². The normalized spacial score (nSPS) is 16.7. The molecule has 1 N–H and O–H groups in total. The molecule has 1 heterocycles. The molecule has 5 heteroatoms. The van der Waals surface area contributed by atoms with Crippen LogP contribution < -0.4 is 14.8 Å². The number of carbonyl (C=O) groups excluding carboxylic acids is 1. The number of ether oxygens (including phenoxy) is 2. The van der Waals surface area contributed by atoms with E-state index < -0.39 is 0 Å². The van der Waals surface area contributed by atoms with Crippen LogP contribution in [0, 0.1) is 0 Å². The average molecular weight is 501 g/mol. The summed E-state index contributed by atoms with van der Waals surface area (Å²) in [4.78, 5) is 15.5. The van der Waals surface area contributed by atoms with E-state index in [1.54, 1.807) is 7.11 Å². The lowest BCUT2D eigenvalue weighted by atomic mass is 9.80. The molecule has 0 spiro atoms. The summed E-state index contributed by atoms with van der Waals surface area (Å²) in [6.07, 6.45) is 4.47. The smallest absolute Gasteiger partial charge is 0.255 e. The van der Waals surface area contributed by atoms with Crippen LogP contribution in [0.2, 0.25) is 0 Å². The fourth-order valence-corrected chi connectivity index (χ4v) is 5.57. The lowest BCUT2D eigenvalue weighted by Gasteiger charge is -2.53. The Hall–Kier alpha value is -3.31. The van der Waals surface area contributed by atoms with Gasteiger partial charge in [-0.1, -0.05) is 42.5 Å². The zero-order chi connectivity index (χ0) is 26.5. The molecule has 0 aliphatic carbocycles. The van der Waals surface area contributed by atoms with Gasteiger partial charge in [0, 0.05) is 34.9 Å². The van der Waals surface area contributed by atoms with Gasteiger partial charge in [0.25, 0.3) is 5.91 Å². The molecule has 0 bridgehead atoms. The molecule has 1 saturated heterocycles. The number of rotatable bonds is 9. The molecule has 0 unspecified atom stereocenters. The van der Waals surface area contributed by atoms with Crippen molar-refractivity contribution in [3.63, 3.8) is 0 Å². The van der Waals surface area contributed by atoms with E-state index in [1.165, 1.54) is 30.4 Å². The zero-order valence-corrected chi connectivity index (χ0v) is 22.8. The summed E-state index contributed by atoms with van der Waals surface area (Å²) >= 11 is 0. The number of piperidine rings is 1. The van der Waals surface area contributed by atoms with Gasteiger partial charge in [0.05, 0.1) is 7.11 Å². The maximum absolute atomic E-state index is 12.9. The number of hydrogen-bond donors (Lipinski definition) is 1. The van der Waals surface area contributed by atoms with Gasteiger partial charge in [0.15, 0.2) is 11.5 Å². The zero-order valence-electron chi connectivity index (χ0n) is 22.8. The Bertz CT molecular complexity index is 1170. The standard InChI is InChI=1S/C32H40N2O3/c1-31(2)18-9-19-32(3,4)34(31)20-21-37-29-23-27(16-17-28(29)36-5)33-30(35)26-14-12-25(13-15-26)22-24-10-7-6-8-11-24/h6-8,10-17,23H,9,18-22H2,1-5H3,(H,33,35). The summed E-state index contributed by atoms with van der Waals surface area (Å²) in [5.41, 5.74) is 3.99. The summed E-state index contributed by atoms with van der Waals surface area (Å²) in [7, 11) is 1.63. The molecule has 1 fully saturated rings. The van der Waals surface area contributed by atoms with Crippen molar-refractivity contribution in [2.75, 3.05) is 25.6 Å². The summed E-state index contributed by atoms with van der Waals surface area (Å²) < 4.78 is 11.7. The molecule has 4 rings (SSSR count). The van der Waals surface area contributed by atoms with Crippen molar-refractivity contribution >= 4 is 11.6 Å². The fourth-order valence-electron chi connectivity index (χ4n) is 5.57. The second-order valence-corrected chi connectivity index (χ2v) is 11.2. The first kappa shape index (κ1) is 26.7. The molecule has 1 aliphatic rings. The van der Waals surface area contributed by atoms with E-state index in [0.717, 1.165) is 13.0 Å². The lowest BCUT2D eigenvalue weighted by molar-refractivity contribution is -0.0341. The van der Waals surface area contributed by atoms with Gasteiger partial charge in [-0.3, -0.25) is 9.69 Å². The van der Waals surface area contributed by atoms with E-state index in [0.29, 0.717) is 29.4 Å². The molecule has 5 nitrogen and oxygen atoms in total. The van der Waals surface area contributed by atoms with Crippen molar-refractivity contribution in [3.8, 4) is 11.5 Å². The second kappa shape index (κ2) is 11.4. The first-order chi connectivity index (χ1) is 17.7. The molecule has 3 aromatic rings. The molecular formula is C32H40N2O3. The van der Waals surface area contributed by atoms with E-state index in [2.05, 4.69) is 50.0 Å². The number of amides is 1. The average Bonchev–Trinajstić information content (AvgIpc) is 2.86. The minimum absolute atomic E-state index is 0.141. The van der Waals surface area contributed by atoms with Gasteiger partial charge in [-0.25, -0.2) is 0 Å². The monoisotopic (exact) mass is 500 g/mol. The highest BCUT2D eigenvalue weighted by Crippen LogP contribution is 2.38. The van der Waals surface area contributed by atoms with Gasteiger partial charge in [-0.2, -0.15) is 0 Å². The van der Waals surface area contributed by atoms with Gasteiger partial charge in [-0.15, -0.1) is 0 Å². The number of anilines is 1. The third-order valence-corrected chi connectivity index (χ3v) is 7.50. The molecule has 3 aromatic carbocycles. The number of methoxy groups -OCH3 is 1. The molecule has 0 saturated carbocycles. The molecule has 0 atom stereocenters. The van der Waals surface area contributed by atoms with Crippen molar-refractivity contribution in [1.82, 2.24) is 4.90 Å². The summed E-state index contributed by atoms with van der Waals surface area (Å²) in [6, 6.07) is 23.6. The van der Waals surface area contributed by atoms with Crippen LogP contribution in [0.25, 0.3) is 0 Å². The van der Waals surface area contributed by atoms with Crippen LogP contribution in [0.3, 0.4) is 0 Å². The van der Waals surface area contributed by atoms with Crippen LogP contribution >= 0.6 is 0 Å². The number of benzene rings is 3. The molecule has 0 radical (unpaired) electrons. The number of carbonyl (C=O) groups is 1. The Balaban J connectivity index is 1.38. The minimum atomic E-state index is -0.154. The van der Waals surface area contributed by atoms with Crippen LogP contribution in [0.5, 0.6) is 11.5 Å². The lowest BCUT2D eigenvalue weighted by Crippen LogP contribution is -2.59. The third-order valence-electron chi connectivity index (χ3n) is 7.50. The van der Waals surface area contributed by atoms with E-state index in [1.807, 2.05) is 60.7 Å². The third kappa shape index (κ3) is 6.72. The van der Waals surface area contributed by atoms with Crippen molar-refractivity contribution in [2.24, 2.45) is 0 Å². The molecule has 37 heavy (non-hydrogen) atoms. The number of nitrogens with zero attached hydrogens (tertiary/aromatic N) is 1. The molecule has 196 valence electrons. The highest BCUT2D eigenvalue weighted by atomic mass is 16.5. The molecule has 1 aliphatic heterocycles. The predicted molar refractivity (Wildman–Crippen MR) is 151 cm³/mol. The SMILES string of the molecule is COc1ccc(NC(=O)c2ccc(Cc3ccccc3)cc2)cc1OCCN1C(C)(C)CCCC1(C)C. The summed E-state index contributed by atoms with van der Waals surface area (Å²) in [6.45, 7) is 10.6. The summed E-state index contributed by atoms with van der Waals surface area (Å²) in [5, 5.41) is 3.00. The Morgan fingerprint density at radius 3 is 2.16 bits per heavy atom. The van der Waals surface area contributed by atoms with Crippen molar-refractivity contribution < 1.29 is 14.3 Å². The molecule has 1 amide bonds. The maximum Gasteiger partial charge on any atom is 0.255 e. The minimum Gasteiger partial charge on any atom is -0.493 e. The van der Waals surface area contributed by atoms with Gasteiger partial charge in [0.2, 0.25) is 0 Å². The Morgan fingerprint density at radius 1 is 0.865 bits per heavy atom. The second-order valence-electron chi connectivity index (χ2n) is 11.2. The highest BCUT2D eigenvalue weighted by molar-refractivity contribution is 6.04. The van der Waals surface area contributed by atoms with E-state index >= 15 is 0 Å². The predicted octanol–water partition coefficient (Wildman–Crippen LogP) is 6.96. The van der Waals surface area contributed by atoms with Crippen molar-refractivity contribution in [1.29, 1.82) is 0 Å². The van der Waals surface area contributed by atoms with Crippen LogP contribution in [0.1, 0.15) is 68.4 Å². The van der Waals surface area contributed by atoms with Crippen LogP contribution in [0.4, 0.5) is 5.69 Å². The Morgan fingerprint density at radius 2 is 1.51 bits per heavy atom. The van der Waals surface area contributed by atoms with Crippen LogP contribution in [0.15, 0.2) is 72.8 Å².